The zero-order valence-electron chi connectivity index (χ0n) is 21.5. The van der Waals surface area contributed by atoms with E-state index < -0.39 is 12.0 Å². The van der Waals surface area contributed by atoms with Gasteiger partial charge in [0.25, 0.3) is 5.56 Å². The van der Waals surface area contributed by atoms with Gasteiger partial charge in [-0.25, -0.2) is 9.79 Å². The molecule has 0 unspecified atom stereocenters. The van der Waals surface area contributed by atoms with Crippen molar-refractivity contribution < 1.29 is 19.0 Å². The van der Waals surface area contributed by atoms with Gasteiger partial charge in [0.1, 0.15) is 11.5 Å². The number of anilines is 1. The van der Waals surface area contributed by atoms with E-state index in [0.717, 1.165) is 15.7 Å². The molecule has 0 fully saturated rings. The molecule has 1 aromatic heterocycles. The van der Waals surface area contributed by atoms with Crippen molar-refractivity contribution in [2.45, 2.75) is 19.9 Å². The maximum Gasteiger partial charge on any atom is 0.338 e. The Morgan fingerprint density at radius 1 is 1.16 bits per heavy atom. The summed E-state index contributed by atoms with van der Waals surface area (Å²) in [5.41, 5.74) is 3.12. The normalized spacial score (nSPS) is 15.2. The second-order valence-corrected chi connectivity index (χ2v) is 10.4. The first-order valence-electron chi connectivity index (χ1n) is 11.6. The van der Waals surface area contributed by atoms with E-state index in [4.69, 9.17) is 14.2 Å². The van der Waals surface area contributed by atoms with Gasteiger partial charge < -0.3 is 19.1 Å². The number of allylic oxidation sites excluding steroid dienone is 1. The number of benzene rings is 2. The first kappa shape index (κ1) is 26.7. The van der Waals surface area contributed by atoms with Crippen LogP contribution in [-0.4, -0.2) is 45.5 Å². The summed E-state index contributed by atoms with van der Waals surface area (Å²) in [7, 11) is 7.05. The van der Waals surface area contributed by atoms with Crippen LogP contribution < -0.4 is 29.3 Å². The number of carbonyl (C=O) groups is 1. The van der Waals surface area contributed by atoms with Crippen LogP contribution in [0.5, 0.6) is 11.5 Å². The van der Waals surface area contributed by atoms with E-state index in [2.05, 4.69) is 20.9 Å². The van der Waals surface area contributed by atoms with Gasteiger partial charge in [-0.2, -0.15) is 0 Å². The molecule has 1 atom stereocenters. The predicted molar refractivity (Wildman–Crippen MR) is 148 cm³/mol. The third-order valence-corrected chi connectivity index (χ3v) is 7.64. The summed E-state index contributed by atoms with van der Waals surface area (Å²) in [4.78, 5) is 34.0. The summed E-state index contributed by atoms with van der Waals surface area (Å²) in [6.07, 6.45) is 1.77. The summed E-state index contributed by atoms with van der Waals surface area (Å²) in [6, 6.07) is 10.7. The van der Waals surface area contributed by atoms with Gasteiger partial charge in [0.05, 0.1) is 47.1 Å². The third-order valence-electron chi connectivity index (χ3n) is 6.03. The number of methoxy groups -OCH3 is 2. The van der Waals surface area contributed by atoms with Gasteiger partial charge >= 0.3 is 5.97 Å². The molecule has 1 aliphatic heterocycles. The molecule has 37 heavy (non-hydrogen) atoms. The highest BCUT2D eigenvalue weighted by molar-refractivity contribution is 9.10. The smallest absolute Gasteiger partial charge is 0.338 e. The first-order chi connectivity index (χ1) is 17.7. The minimum atomic E-state index is -0.668. The second kappa shape index (κ2) is 10.9. The molecule has 8 nitrogen and oxygen atoms in total. The Balaban J connectivity index is 1.95. The lowest BCUT2D eigenvalue weighted by Gasteiger charge is -2.25. The molecule has 2 heterocycles. The minimum absolute atomic E-state index is 0.221. The van der Waals surface area contributed by atoms with Crippen LogP contribution in [0.1, 0.15) is 31.0 Å². The van der Waals surface area contributed by atoms with Gasteiger partial charge in [-0.1, -0.05) is 23.5 Å². The molecule has 0 aliphatic carbocycles. The molecule has 0 saturated carbocycles. The highest BCUT2D eigenvalue weighted by Crippen LogP contribution is 2.34. The monoisotopic (exact) mass is 585 g/mol. The van der Waals surface area contributed by atoms with Crippen LogP contribution in [-0.2, 0) is 9.53 Å². The first-order valence-corrected chi connectivity index (χ1v) is 13.2. The van der Waals surface area contributed by atoms with E-state index >= 15 is 0 Å². The number of hydrogen-bond acceptors (Lipinski definition) is 8. The molecule has 0 N–H and O–H groups in total. The van der Waals surface area contributed by atoms with Crippen molar-refractivity contribution in [1.29, 1.82) is 0 Å². The Morgan fingerprint density at radius 3 is 2.43 bits per heavy atom. The predicted octanol–water partition coefficient (Wildman–Crippen LogP) is 3.64. The molecular weight excluding hydrogens is 558 g/mol. The van der Waals surface area contributed by atoms with Crippen molar-refractivity contribution in [2.75, 3.05) is 39.8 Å². The second-order valence-electron chi connectivity index (χ2n) is 8.52. The lowest BCUT2D eigenvalue weighted by molar-refractivity contribution is -0.139. The maximum absolute atomic E-state index is 13.8. The zero-order chi connectivity index (χ0) is 26.9. The molecular formula is C27H28BrN3O5S. The topological polar surface area (TPSA) is 82.4 Å². The van der Waals surface area contributed by atoms with Crippen molar-refractivity contribution in [3.8, 4) is 11.5 Å². The molecule has 0 bridgehead atoms. The number of rotatable bonds is 7. The molecule has 194 valence electrons. The lowest BCUT2D eigenvalue weighted by atomic mass is 9.95. The fourth-order valence-electron chi connectivity index (χ4n) is 4.20. The standard InChI is InChI=1S/C27H28BrN3O5S/c1-7-36-26(33)23-15(2)29-27-31(24(23)16-8-10-18(11-9-16)30(3)4)25(32)22(37-27)13-17-12-19(28)21(35-6)14-20(17)34-5/h8-14,24H,7H2,1-6H3/b22-13-/t24-/m0/s1. The summed E-state index contributed by atoms with van der Waals surface area (Å²) < 4.78 is 19.0. The number of nitrogens with zero attached hydrogens (tertiary/aromatic N) is 3. The number of ether oxygens (including phenoxy) is 3. The van der Waals surface area contributed by atoms with E-state index in [1.54, 1.807) is 44.8 Å². The number of hydrogen-bond donors (Lipinski definition) is 0. The fraction of sp³-hybridized carbons (Fsp3) is 0.296. The molecule has 0 amide bonds. The molecule has 10 heteroatoms. The number of halogens is 1. The minimum Gasteiger partial charge on any atom is -0.496 e. The SMILES string of the molecule is CCOC(=O)C1=C(C)N=c2s/c(=C\c3cc(Br)c(OC)cc3OC)c(=O)n2[C@H]1c1ccc(N(C)C)cc1. The Labute approximate surface area is 227 Å². The summed E-state index contributed by atoms with van der Waals surface area (Å²) >= 11 is 4.76. The molecule has 0 spiro atoms. The van der Waals surface area contributed by atoms with Crippen molar-refractivity contribution in [2.24, 2.45) is 4.99 Å². The Hall–Kier alpha value is -3.37. The quantitative estimate of drug-likeness (QED) is 0.394. The Kier molecular flexibility index (Phi) is 7.89. The molecule has 1 aliphatic rings. The molecule has 4 rings (SSSR count). The zero-order valence-corrected chi connectivity index (χ0v) is 23.9. The van der Waals surface area contributed by atoms with Crippen LogP contribution >= 0.6 is 27.3 Å². The van der Waals surface area contributed by atoms with Crippen LogP contribution in [0.2, 0.25) is 0 Å². The van der Waals surface area contributed by atoms with Crippen LogP contribution in [0.15, 0.2) is 61.9 Å². The van der Waals surface area contributed by atoms with E-state index in [0.29, 0.717) is 37.7 Å². The Bertz CT molecular complexity index is 1550. The van der Waals surface area contributed by atoms with E-state index in [1.165, 1.54) is 11.3 Å². The van der Waals surface area contributed by atoms with Gasteiger partial charge in [0.15, 0.2) is 4.80 Å². The maximum atomic E-state index is 13.8. The van der Waals surface area contributed by atoms with Gasteiger partial charge in [-0.15, -0.1) is 0 Å². The van der Waals surface area contributed by atoms with Crippen LogP contribution in [0.4, 0.5) is 5.69 Å². The van der Waals surface area contributed by atoms with E-state index in [1.807, 2.05) is 49.3 Å². The van der Waals surface area contributed by atoms with Crippen molar-refractivity contribution in [1.82, 2.24) is 4.57 Å². The van der Waals surface area contributed by atoms with Gasteiger partial charge in [-0.05, 0) is 59.6 Å². The molecule has 0 radical (unpaired) electrons. The number of thiazole rings is 1. The molecule has 3 aromatic rings. The number of carbonyl (C=O) groups excluding carboxylic acids is 1. The van der Waals surface area contributed by atoms with Gasteiger partial charge in [-0.3, -0.25) is 9.36 Å². The summed E-state index contributed by atoms with van der Waals surface area (Å²) in [5.74, 6) is 0.692. The van der Waals surface area contributed by atoms with Crippen molar-refractivity contribution in [3.63, 3.8) is 0 Å². The summed E-state index contributed by atoms with van der Waals surface area (Å²) in [5, 5.41) is 0. The third kappa shape index (κ3) is 5.08. The number of aromatic nitrogens is 1. The molecule has 0 saturated heterocycles. The van der Waals surface area contributed by atoms with Crippen molar-refractivity contribution in [3.05, 3.63) is 83.0 Å². The fourth-order valence-corrected chi connectivity index (χ4v) is 5.76. The van der Waals surface area contributed by atoms with Crippen LogP contribution in [0, 0.1) is 0 Å². The number of esters is 1. The Morgan fingerprint density at radius 2 is 1.84 bits per heavy atom. The largest absolute Gasteiger partial charge is 0.496 e. The number of fused-ring (bicyclic) bond motifs is 1. The average molecular weight is 587 g/mol. The van der Waals surface area contributed by atoms with Crippen molar-refractivity contribution >= 4 is 45.0 Å². The average Bonchev–Trinajstić information content (AvgIpc) is 3.17. The highest BCUT2D eigenvalue weighted by Gasteiger charge is 2.33. The van der Waals surface area contributed by atoms with Gasteiger partial charge in [0.2, 0.25) is 0 Å². The highest BCUT2D eigenvalue weighted by atomic mass is 79.9. The van der Waals surface area contributed by atoms with Gasteiger partial charge in [0, 0.05) is 31.4 Å². The summed E-state index contributed by atoms with van der Waals surface area (Å²) in [6.45, 7) is 3.75. The van der Waals surface area contributed by atoms with Crippen LogP contribution in [0.3, 0.4) is 0 Å². The molecule has 2 aromatic carbocycles. The van der Waals surface area contributed by atoms with Crippen LogP contribution in [0.25, 0.3) is 6.08 Å². The lowest BCUT2D eigenvalue weighted by Crippen LogP contribution is -2.40. The van der Waals surface area contributed by atoms with E-state index in [9.17, 15) is 9.59 Å². The van der Waals surface area contributed by atoms with E-state index in [-0.39, 0.29) is 12.2 Å².